The number of pyridine rings is 1. The Bertz CT molecular complexity index is 1080. The Balaban J connectivity index is 1.86. The first-order valence-corrected chi connectivity index (χ1v) is 11.8. The van der Waals surface area contributed by atoms with Crippen LogP contribution in [0.4, 0.5) is 5.69 Å². The van der Waals surface area contributed by atoms with Gasteiger partial charge in [0.05, 0.1) is 22.8 Å². The van der Waals surface area contributed by atoms with E-state index in [1.165, 1.54) is 12.3 Å². The summed E-state index contributed by atoms with van der Waals surface area (Å²) in [7, 11) is -3.37. The molecule has 3 rings (SSSR count). The predicted molar refractivity (Wildman–Crippen MR) is 115 cm³/mol. The van der Waals surface area contributed by atoms with Crippen LogP contribution in [0.5, 0.6) is 0 Å². The summed E-state index contributed by atoms with van der Waals surface area (Å²) < 4.78 is 23.9. The van der Waals surface area contributed by atoms with E-state index >= 15 is 0 Å². The Hall–Kier alpha value is -2.74. The van der Waals surface area contributed by atoms with Gasteiger partial charge < -0.3 is 10.2 Å². The molecular formula is C22H27N3O4S. The summed E-state index contributed by atoms with van der Waals surface area (Å²) in [6, 6.07) is 8.05. The van der Waals surface area contributed by atoms with Crippen LogP contribution in [0.25, 0.3) is 0 Å². The molecule has 1 aromatic heterocycles. The Kier molecular flexibility index (Phi) is 6.26. The summed E-state index contributed by atoms with van der Waals surface area (Å²) in [5.74, 6) is -1.10. The zero-order chi connectivity index (χ0) is 22.1. The van der Waals surface area contributed by atoms with Gasteiger partial charge in [-0.25, -0.2) is 8.42 Å². The topological polar surface area (TPSA) is 96.4 Å². The van der Waals surface area contributed by atoms with Crippen molar-refractivity contribution in [3.05, 3.63) is 53.3 Å². The maximum Gasteiger partial charge on any atom is 0.313 e. The van der Waals surface area contributed by atoms with E-state index in [0.29, 0.717) is 18.7 Å². The van der Waals surface area contributed by atoms with Crippen LogP contribution >= 0.6 is 0 Å². The Morgan fingerprint density at radius 1 is 1.17 bits per heavy atom. The lowest BCUT2D eigenvalue weighted by Crippen LogP contribution is -2.46. The van der Waals surface area contributed by atoms with Crippen molar-refractivity contribution in [1.29, 1.82) is 0 Å². The second-order valence-corrected chi connectivity index (χ2v) is 10.1. The molecule has 30 heavy (non-hydrogen) atoms. The van der Waals surface area contributed by atoms with Gasteiger partial charge in [-0.1, -0.05) is 19.1 Å². The van der Waals surface area contributed by atoms with E-state index in [0.717, 1.165) is 29.5 Å². The zero-order valence-electron chi connectivity index (χ0n) is 17.7. The van der Waals surface area contributed by atoms with Gasteiger partial charge in [-0.3, -0.25) is 14.6 Å². The maximum atomic E-state index is 13.0. The average molecular weight is 430 g/mol. The smallest absolute Gasteiger partial charge is 0.313 e. The summed E-state index contributed by atoms with van der Waals surface area (Å²) in [4.78, 5) is 31.7. The van der Waals surface area contributed by atoms with E-state index in [-0.39, 0.29) is 16.9 Å². The third kappa shape index (κ3) is 4.87. The SMILES string of the molecule is Cc1cc(NC(=O)C(=O)N2C[C@H](C)CC[C@H]2c2cccc(S(C)(=O)=O)c2)cnc1C. The van der Waals surface area contributed by atoms with E-state index in [4.69, 9.17) is 0 Å². The minimum Gasteiger partial charge on any atom is -0.327 e. The number of benzene rings is 1. The number of piperidine rings is 1. The first-order valence-electron chi connectivity index (χ1n) is 9.91. The molecule has 2 heterocycles. The quantitative estimate of drug-likeness (QED) is 0.757. The highest BCUT2D eigenvalue weighted by Crippen LogP contribution is 2.34. The standard InChI is InChI=1S/C22H27N3O4S/c1-14-8-9-20(17-6-5-7-19(11-17)30(4,28)29)25(13-14)22(27)21(26)24-18-10-15(2)16(3)23-12-18/h5-7,10-12,14,20H,8-9,13H2,1-4H3,(H,24,26)/t14-,20+/m1/s1. The van der Waals surface area contributed by atoms with Crippen LogP contribution in [0.2, 0.25) is 0 Å². The van der Waals surface area contributed by atoms with Crippen molar-refractivity contribution in [1.82, 2.24) is 9.88 Å². The van der Waals surface area contributed by atoms with Crippen LogP contribution in [0.15, 0.2) is 41.4 Å². The molecule has 0 bridgehead atoms. The first kappa shape index (κ1) is 22.0. The second kappa shape index (κ2) is 8.55. The van der Waals surface area contributed by atoms with Crippen molar-refractivity contribution in [2.75, 3.05) is 18.1 Å². The molecule has 2 atom stereocenters. The summed E-state index contributed by atoms with van der Waals surface area (Å²) >= 11 is 0. The first-order chi connectivity index (χ1) is 14.1. The molecular weight excluding hydrogens is 402 g/mol. The van der Waals surface area contributed by atoms with Crippen molar-refractivity contribution in [2.24, 2.45) is 5.92 Å². The summed E-state index contributed by atoms with van der Waals surface area (Å²) in [5, 5.41) is 2.64. The number of carbonyl (C=O) groups is 2. The van der Waals surface area contributed by atoms with Crippen LogP contribution in [0, 0.1) is 19.8 Å². The largest absolute Gasteiger partial charge is 0.327 e. The van der Waals surface area contributed by atoms with Crippen LogP contribution in [-0.4, -0.2) is 42.9 Å². The molecule has 1 N–H and O–H groups in total. The number of nitrogens with one attached hydrogen (secondary N) is 1. The zero-order valence-corrected chi connectivity index (χ0v) is 18.5. The summed E-state index contributed by atoms with van der Waals surface area (Å²) in [6.45, 7) is 6.23. The minimum atomic E-state index is -3.37. The van der Waals surface area contributed by atoms with Crippen molar-refractivity contribution < 1.29 is 18.0 Å². The molecule has 160 valence electrons. The number of rotatable bonds is 3. The van der Waals surface area contributed by atoms with E-state index in [1.807, 2.05) is 20.8 Å². The lowest BCUT2D eigenvalue weighted by atomic mass is 9.90. The molecule has 1 aromatic carbocycles. The maximum absolute atomic E-state index is 13.0. The van der Waals surface area contributed by atoms with Gasteiger partial charge in [0.25, 0.3) is 0 Å². The highest BCUT2D eigenvalue weighted by Gasteiger charge is 2.34. The third-order valence-electron chi connectivity index (χ3n) is 5.54. The molecule has 1 fully saturated rings. The van der Waals surface area contributed by atoms with Crippen molar-refractivity contribution in [3.63, 3.8) is 0 Å². The fourth-order valence-electron chi connectivity index (χ4n) is 3.70. The Labute approximate surface area is 177 Å². The van der Waals surface area contributed by atoms with Crippen LogP contribution in [0.3, 0.4) is 0 Å². The highest BCUT2D eigenvalue weighted by atomic mass is 32.2. The van der Waals surface area contributed by atoms with Crippen LogP contribution in [-0.2, 0) is 19.4 Å². The lowest BCUT2D eigenvalue weighted by molar-refractivity contribution is -0.146. The molecule has 2 amide bonds. The van der Waals surface area contributed by atoms with Crippen molar-refractivity contribution in [2.45, 2.75) is 44.6 Å². The molecule has 1 saturated heterocycles. The van der Waals surface area contributed by atoms with Crippen LogP contribution in [0.1, 0.15) is 42.6 Å². The number of amides is 2. The fourth-order valence-corrected chi connectivity index (χ4v) is 4.38. The molecule has 8 heteroatoms. The number of aromatic nitrogens is 1. The number of hydrogen-bond acceptors (Lipinski definition) is 5. The number of hydrogen-bond donors (Lipinski definition) is 1. The Morgan fingerprint density at radius 3 is 2.57 bits per heavy atom. The van der Waals surface area contributed by atoms with Gasteiger partial charge in [-0.15, -0.1) is 0 Å². The van der Waals surface area contributed by atoms with Gasteiger partial charge in [0, 0.05) is 18.5 Å². The number of aryl methyl sites for hydroxylation is 2. The third-order valence-corrected chi connectivity index (χ3v) is 6.65. The predicted octanol–water partition coefficient (Wildman–Crippen LogP) is 3.04. The van der Waals surface area contributed by atoms with Crippen molar-refractivity contribution >= 4 is 27.3 Å². The molecule has 0 radical (unpaired) electrons. The van der Waals surface area contributed by atoms with Gasteiger partial charge in [-0.2, -0.15) is 0 Å². The van der Waals surface area contributed by atoms with E-state index in [9.17, 15) is 18.0 Å². The van der Waals surface area contributed by atoms with Crippen LogP contribution < -0.4 is 5.32 Å². The molecule has 7 nitrogen and oxygen atoms in total. The van der Waals surface area contributed by atoms with Gasteiger partial charge in [-0.05, 0) is 61.9 Å². The van der Waals surface area contributed by atoms with Gasteiger partial charge in [0.2, 0.25) is 0 Å². The monoisotopic (exact) mass is 429 g/mol. The average Bonchev–Trinajstić information content (AvgIpc) is 2.69. The number of anilines is 1. The molecule has 1 aliphatic rings. The number of likely N-dealkylation sites (tertiary alicyclic amines) is 1. The second-order valence-electron chi connectivity index (χ2n) is 8.08. The lowest BCUT2D eigenvalue weighted by Gasteiger charge is -2.38. The number of carbonyl (C=O) groups excluding carboxylic acids is 2. The van der Waals surface area contributed by atoms with Gasteiger partial charge >= 0.3 is 11.8 Å². The van der Waals surface area contributed by atoms with E-state index in [2.05, 4.69) is 10.3 Å². The molecule has 0 aliphatic carbocycles. The Morgan fingerprint density at radius 2 is 1.90 bits per heavy atom. The molecule has 0 unspecified atom stereocenters. The van der Waals surface area contributed by atoms with E-state index < -0.39 is 21.7 Å². The fraction of sp³-hybridized carbons (Fsp3) is 0.409. The summed E-state index contributed by atoms with van der Waals surface area (Å²) in [5.41, 5.74) is 2.97. The number of nitrogens with zero attached hydrogens (tertiary/aromatic N) is 2. The highest BCUT2D eigenvalue weighted by molar-refractivity contribution is 7.90. The van der Waals surface area contributed by atoms with E-state index in [1.54, 1.807) is 29.2 Å². The van der Waals surface area contributed by atoms with Gasteiger partial charge in [0.1, 0.15) is 0 Å². The molecule has 0 spiro atoms. The molecule has 2 aromatic rings. The summed E-state index contributed by atoms with van der Waals surface area (Å²) in [6.07, 6.45) is 4.24. The number of sulfone groups is 1. The molecule has 1 aliphatic heterocycles. The normalized spacial score (nSPS) is 19.4. The van der Waals surface area contributed by atoms with Crippen molar-refractivity contribution in [3.8, 4) is 0 Å². The van der Waals surface area contributed by atoms with Gasteiger partial charge in [0.15, 0.2) is 9.84 Å². The molecule has 0 saturated carbocycles. The minimum absolute atomic E-state index is 0.205.